The van der Waals surface area contributed by atoms with E-state index in [0.717, 1.165) is 19.0 Å². The highest BCUT2D eigenvalue weighted by molar-refractivity contribution is 5.92. The second-order valence-corrected chi connectivity index (χ2v) is 4.42. The first-order valence-electron chi connectivity index (χ1n) is 5.72. The van der Waals surface area contributed by atoms with Gasteiger partial charge in [-0.25, -0.2) is 9.37 Å². The van der Waals surface area contributed by atoms with Crippen LogP contribution in [-0.4, -0.2) is 35.4 Å². The summed E-state index contributed by atoms with van der Waals surface area (Å²) in [6.45, 7) is 0.452. The number of aromatic nitrogens is 1. The number of nitrogens with two attached hydrogens (primary N) is 1. The van der Waals surface area contributed by atoms with E-state index in [9.17, 15) is 9.18 Å². The van der Waals surface area contributed by atoms with Crippen LogP contribution >= 0.6 is 0 Å². The van der Waals surface area contributed by atoms with E-state index in [-0.39, 0.29) is 17.6 Å². The first-order chi connectivity index (χ1) is 8.13. The summed E-state index contributed by atoms with van der Waals surface area (Å²) in [5.41, 5.74) is 5.94. The Kier molecular flexibility index (Phi) is 3.38. The topological polar surface area (TPSA) is 59.2 Å². The molecule has 0 saturated heterocycles. The molecular formula is C12H16FN3O. The molecule has 0 bridgehead atoms. The number of amides is 1. The van der Waals surface area contributed by atoms with Gasteiger partial charge in [-0.3, -0.25) is 4.79 Å². The van der Waals surface area contributed by atoms with Crippen LogP contribution in [0.1, 0.15) is 23.3 Å². The summed E-state index contributed by atoms with van der Waals surface area (Å²) in [4.78, 5) is 17.5. The van der Waals surface area contributed by atoms with Crippen LogP contribution in [0, 0.1) is 11.7 Å². The molecule has 2 N–H and O–H groups in total. The fourth-order valence-electron chi connectivity index (χ4n) is 1.98. The third-order valence-corrected chi connectivity index (χ3v) is 3.17. The Morgan fingerprint density at radius 2 is 2.35 bits per heavy atom. The van der Waals surface area contributed by atoms with Gasteiger partial charge in [-0.2, -0.15) is 0 Å². The molecule has 17 heavy (non-hydrogen) atoms. The predicted molar refractivity (Wildman–Crippen MR) is 61.9 cm³/mol. The van der Waals surface area contributed by atoms with E-state index >= 15 is 0 Å². The summed E-state index contributed by atoms with van der Waals surface area (Å²) in [6, 6.07) is 2.70. The molecule has 1 aromatic rings. The van der Waals surface area contributed by atoms with Crippen LogP contribution in [-0.2, 0) is 0 Å². The monoisotopic (exact) mass is 237 g/mol. The fraction of sp³-hybridized carbons (Fsp3) is 0.500. The molecule has 1 fully saturated rings. The molecule has 1 atom stereocenters. The average molecular weight is 237 g/mol. The number of halogens is 1. The lowest BCUT2D eigenvalue weighted by Crippen LogP contribution is -2.43. The summed E-state index contributed by atoms with van der Waals surface area (Å²) >= 11 is 0. The lowest BCUT2D eigenvalue weighted by molar-refractivity contribution is 0.0712. The minimum Gasteiger partial charge on any atom is -0.336 e. The molecule has 5 heteroatoms. The molecule has 1 aliphatic rings. The van der Waals surface area contributed by atoms with Crippen molar-refractivity contribution in [3.63, 3.8) is 0 Å². The number of pyridine rings is 1. The molecule has 1 aromatic heterocycles. The molecule has 0 aliphatic heterocycles. The normalized spacial score (nSPS) is 16.6. The lowest BCUT2D eigenvalue weighted by Gasteiger charge is -2.26. The third-order valence-electron chi connectivity index (χ3n) is 3.17. The van der Waals surface area contributed by atoms with Gasteiger partial charge in [-0.05, 0) is 30.9 Å². The van der Waals surface area contributed by atoms with Gasteiger partial charge >= 0.3 is 0 Å². The average Bonchev–Trinajstić information content (AvgIpc) is 3.14. The lowest BCUT2D eigenvalue weighted by atomic mass is 10.1. The van der Waals surface area contributed by atoms with Crippen LogP contribution in [0.4, 0.5) is 4.39 Å². The van der Waals surface area contributed by atoms with Gasteiger partial charge in [0, 0.05) is 19.6 Å². The minimum absolute atomic E-state index is 0.0642. The number of carbonyl (C=O) groups excluding carboxylic acids is 1. The Bertz CT molecular complexity index is 403. The maximum Gasteiger partial charge on any atom is 0.272 e. The number of carbonyl (C=O) groups is 1. The smallest absolute Gasteiger partial charge is 0.272 e. The van der Waals surface area contributed by atoms with E-state index in [0.29, 0.717) is 12.5 Å². The van der Waals surface area contributed by atoms with Gasteiger partial charge in [-0.15, -0.1) is 0 Å². The Morgan fingerprint density at radius 3 is 2.82 bits per heavy atom. The second kappa shape index (κ2) is 4.79. The van der Waals surface area contributed by atoms with Crippen molar-refractivity contribution in [1.29, 1.82) is 0 Å². The molecule has 1 heterocycles. The third kappa shape index (κ3) is 2.61. The highest BCUT2D eigenvalue weighted by atomic mass is 19.1. The first kappa shape index (κ1) is 12.0. The summed E-state index contributed by atoms with van der Waals surface area (Å²) < 4.78 is 12.7. The summed E-state index contributed by atoms with van der Waals surface area (Å²) in [5, 5.41) is 0. The van der Waals surface area contributed by atoms with Crippen molar-refractivity contribution in [2.45, 2.75) is 18.9 Å². The molecule has 1 saturated carbocycles. The van der Waals surface area contributed by atoms with Gasteiger partial charge in [-0.1, -0.05) is 0 Å². The van der Waals surface area contributed by atoms with Crippen molar-refractivity contribution in [2.75, 3.05) is 13.6 Å². The number of hydrogen-bond donors (Lipinski definition) is 1. The van der Waals surface area contributed by atoms with E-state index < -0.39 is 5.82 Å². The second-order valence-electron chi connectivity index (χ2n) is 4.42. The summed E-state index contributed by atoms with van der Waals surface area (Å²) in [5.74, 6) is -0.136. The van der Waals surface area contributed by atoms with Crippen molar-refractivity contribution < 1.29 is 9.18 Å². The quantitative estimate of drug-likeness (QED) is 0.850. The zero-order valence-electron chi connectivity index (χ0n) is 9.77. The molecule has 2 rings (SSSR count). The molecule has 1 amide bonds. The number of likely N-dealkylation sites (N-methyl/N-ethyl adjacent to an activating group) is 1. The first-order valence-corrected chi connectivity index (χ1v) is 5.72. The molecular weight excluding hydrogens is 221 g/mol. The van der Waals surface area contributed by atoms with Crippen molar-refractivity contribution in [1.82, 2.24) is 9.88 Å². The molecule has 1 aliphatic carbocycles. The number of nitrogens with zero attached hydrogens (tertiary/aromatic N) is 2. The fourth-order valence-corrected chi connectivity index (χ4v) is 1.98. The molecule has 0 spiro atoms. The van der Waals surface area contributed by atoms with Gasteiger partial charge < -0.3 is 10.6 Å². The molecule has 0 radical (unpaired) electrons. The van der Waals surface area contributed by atoms with Gasteiger partial charge in [0.1, 0.15) is 11.5 Å². The van der Waals surface area contributed by atoms with E-state index in [1.54, 1.807) is 11.9 Å². The van der Waals surface area contributed by atoms with E-state index in [4.69, 9.17) is 5.73 Å². The van der Waals surface area contributed by atoms with Crippen LogP contribution in [0.15, 0.2) is 18.3 Å². The standard InChI is InChI=1S/C12H16FN3O/c1-16(11(6-14)8-2-3-8)12(17)10-5-4-9(13)7-15-10/h4-5,7-8,11H,2-3,6,14H2,1H3. The largest absolute Gasteiger partial charge is 0.336 e. The van der Waals surface area contributed by atoms with Crippen LogP contribution in [0.2, 0.25) is 0 Å². The van der Waals surface area contributed by atoms with Crippen molar-refractivity contribution in [2.24, 2.45) is 11.7 Å². The Balaban J connectivity index is 2.10. The molecule has 92 valence electrons. The summed E-state index contributed by atoms with van der Waals surface area (Å²) in [6.07, 6.45) is 3.29. The zero-order valence-corrected chi connectivity index (χ0v) is 9.77. The van der Waals surface area contributed by atoms with Gasteiger partial charge in [0.25, 0.3) is 5.91 Å². The molecule has 1 unspecified atom stereocenters. The van der Waals surface area contributed by atoms with Gasteiger partial charge in [0.2, 0.25) is 0 Å². The van der Waals surface area contributed by atoms with Crippen LogP contribution in [0.5, 0.6) is 0 Å². The van der Waals surface area contributed by atoms with Crippen LogP contribution in [0.25, 0.3) is 0 Å². The maximum absolute atomic E-state index is 12.7. The Labute approximate surface area is 99.6 Å². The zero-order chi connectivity index (χ0) is 12.4. The SMILES string of the molecule is CN(C(=O)c1ccc(F)cn1)C(CN)C1CC1. The van der Waals surface area contributed by atoms with Crippen molar-refractivity contribution >= 4 is 5.91 Å². The Morgan fingerprint density at radius 1 is 1.65 bits per heavy atom. The minimum atomic E-state index is -0.443. The van der Waals surface area contributed by atoms with E-state index in [1.165, 1.54) is 12.1 Å². The highest BCUT2D eigenvalue weighted by Gasteiger charge is 2.35. The molecule has 0 aromatic carbocycles. The molecule has 4 nitrogen and oxygen atoms in total. The maximum atomic E-state index is 12.7. The van der Waals surface area contributed by atoms with Gasteiger partial charge in [0.05, 0.1) is 6.20 Å². The van der Waals surface area contributed by atoms with E-state index in [2.05, 4.69) is 4.98 Å². The Hall–Kier alpha value is -1.49. The summed E-state index contributed by atoms with van der Waals surface area (Å²) in [7, 11) is 1.73. The van der Waals surface area contributed by atoms with Gasteiger partial charge in [0.15, 0.2) is 0 Å². The van der Waals surface area contributed by atoms with Crippen molar-refractivity contribution in [3.05, 3.63) is 29.8 Å². The van der Waals surface area contributed by atoms with Crippen molar-refractivity contribution in [3.8, 4) is 0 Å². The van der Waals surface area contributed by atoms with Crippen LogP contribution < -0.4 is 5.73 Å². The predicted octanol–water partition coefficient (Wildman–Crippen LogP) is 1.03. The highest BCUT2D eigenvalue weighted by Crippen LogP contribution is 2.34. The van der Waals surface area contributed by atoms with Crippen LogP contribution in [0.3, 0.4) is 0 Å². The number of rotatable bonds is 4. The van der Waals surface area contributed by atoms with E-state index in [1.807, 2.05) is 0 Å². The number of hydrogen-bond acceptors (Lipinski definition) is 3.